The van der Waals surface area contributed by atoms with Crippen molar-refractivity contribution in [3.05, 3.63) is 81.9 Å². The molecule has 4 rings (SSSR count). The number of carbonyl (C=O) groups is 1. The summed E-state index contributed by atoms with van der Waals surface area (Å²) in [7, 11) is 0. The van der Waals surface area contributed by atoms with Gasteiger partial charge in [0.15, 0.2) is 0 Å². The Morgan fingerprint density at radius 3 is 2.30 bits per heavy atom. The Morgan fingerprint density at radius 1 is 1.00 bits per heavy atom. The second-order valence-corrected chi connectivity index (χ2v) is 7.91. The van der Waals surface area contributed by atoms with Gasteiger partial charge in [0.25, 0.3) is 5.91 Å². The molecule has 0 spiro atoms. The molecule has 5 heteroatoms. The fourth-order valence-electron chi connectivity index (χ4n) is 3.03. The number of carbonyl (C=O) groups excluding carboxylic acids is 1. The molecule has 0 fully saturated rings. The van der Waals surface area contributed by atoms with Gasteiger partial charge in [-0.05, 0) is 44.5 Å². The summed E-state index contributed by atoms with van der Waals surface area (Å²) >= 11 is 1.49. The highest BCUT2D eigenvalue weighted by Gasteiger charge is 2.16. The summed E-state index contributed by atoms with van der Waals surface area (Å²) in [5.74, 6) is -0.0821. The van der Waals surface area contributed by atoms with Crippen molar-refractivity contribution in [2.75, 3.05) is 5.32 Å². The van der Waals surface area contributed by atoms with Crippen molar-refractivity contribution in [3.63, 3.8) is 0 Å². The van der Waals surface area contributed by atoms with E-state index in [1.54, 1.807) is 0 Å². The molecule has 27 heavy (non-hydrogen) atoms. The van der Waals surface area contributed by atoms with Crippen LogP contribution in [0.2, 0.25) is 0 Å². The van der Waals surface area contributed by atoms with Crippen LogP contribution in [-0.2, 0) is 6.54 Å². The number of benzene rings is 2. The lowest BCUT2D eigenvalue weighted by molar-refractivity contribution is 0.103. The third kappa shape index (κ3) is 3.64. The number of thiophene rings is 1. The van der Waals surface area contributed by atoms with Crippen molar-refractivity contribution >= 4 is 33.1 Å². The lowest BCUT2D eigenvalue weighted by Crippen LogP contribution is -2.10. The van der Waals surface area contributed by atoms with Crippen molar-refractivity contribution in [1.82, 2.24) is 9.78 Å². The number of hydrogen-bond acceptors (Lipinski definition) is 3. The van der Waals surface area contributed by atoms with Gasteiger partial charge in [0, 0.05) is 11.1 Å². The molecule has 4 aromatic rings. The second kappa shape index (κ2) is 7.00. The maximum absolute atomic E-state index is 12.7. The average Bonchev–Trinajstić information content (AvgIpc) is 3.21. The van der Waals surface area contributed by atoms with Gasteiger partial charge in [0.05, 0.1) is 17.1 Å². The molecule has 2 heterocycles. The van der Waals surface area contributed by atoms with Crippen molar-refractivity contribution in [1.29, 1.82) is 0 Å². The lowest BCUT2D eigenvalue weighted by Gasteiger charge is -2.04. The van der Waals surface area contributed by atoms with Crippen LogP contribution in [0.15, 0.2) is 54.6 Å². The molecule has 0 aliphatic carbocycles. The first kappa shape index (κ1) is 17.5. The number of rotatable bonds is 4. The van der Waals surface area contributed by atoms with Gasteiger partial charge in [-0.2, -0.15) is 5.10 Å². The van der Waals surface area contributed by atoms with Crippen LogP contribution >= 0.6 is 11.3 Å². The predicted octanol–water partition coefficient (Wildman–Crippen LogP) is 5.32. The smallest absolute Gasteiger partial charge is 0.265 e. The number of aryl methyl sites for hydroxylation is 3. The highest BCUT2D eigenvalue weighted by atomic mass is 32.1. The Hall–Kier alpha value is -2.92. The number of aromatic nitrogens is 2. The van der Waals surface area contributed by atoms with Gasteiger partial charge in [-0.25, -0.2) is 0 Å². The molecular weight excluding hydrogens is 354 g/mol. The largest absolute Gasteiger partial charge is 0.321 e. The van der Waals surface area contributed by atoms with Crippen LogP contribution in [0.25, 0.3) is 10.2 Å². The Bertz CT molecular complexity index is 1110. The summed E-state index contributed by atoms with van der Waals surface area (Å²) < 4.78 is 1.99. The van der Waals surface area contributed by atoms with Gasteiger partial charge in [-0.1, -0.05) is 47.5 Å². The maximum Gasteiger partial charge on any atom is 0.265 e. The van der Waals surface area contributed by atoms with Crippen LogP contribution in [0.1, 0.15) is 32.1 Å². The molecule has 4 nitrogen and oxygen atoms in total. The Balaban J connectivity index is 1.60. The third-order valence-corrected chi connectivity index (χ3v) is 5.74. The van der Waals surface area contributed by atoms with E-state index in [0.717, 1.165) is 21.6 Å². The summed E-state index contributed by atoms with van der Waals surface area (Å²) in [4.78, 5) is 14.4. The zero-order chi connectivity index (χ0) is 19.0. The lowest BCUT2D eigenvalue weighted by atomic mass is 10.1. The first-order valence-electron chi connectivity index (χ1n) is 8.90. The predicted molar refractivity (Wildman–Crippen MR) is 112 cm³/mol. The van der Waals surface area contributed by atoms with Crippen molar-refractivity contribution in [3.8, 4) is 0 Å². The normalized spacial score (nSPS) is 11.1. The quantitative estimate of drug-likeness (QED) is 0.524. The van der Waals surface area contributed by atoms with E-state index in [1.165, 1.54) is 28.0 Å². The third-order valence-electron chi connectivity index (χ3n) is 4.59. The van der Waals surface area contributed by atoms with Crippen LogP contribution in [0, 0.1) is 20.8 Å². The summed E-state index contributed by atoms with van der Waals surface area (Å²) in [6.45, 7) is 6.80. The number of hydrogen-bond donors (Lipinski definition) is 1. The SMILES string of the molecule is Cc1ccc(Cn2nc(C)c3cc(C(=O)Nc4ccc(C)cc4)sc32)cc1. The number of fused-ring (bicyclic) bond motifs is 1. The van der Waals surface area contributed by atoms with E-state index < -0.39 is 0 Å². The van der Waals surface area contributed by atoms with E-state index in [9.17, 15) is 4.79 Å². The molecular formula is C22H21N3OS. The molecule has 1 N–H and O–H groups in total. The summed E-state index contributed by atoms with van der Waals surface area (Å²) in [6.07, 6.45) is 0. The number of amides is 1. The second-order valence-electron chi connectivity index (χ2n) is 6.88. The molecule has 0 bridgehead atoms. The van der Waals surface area contributed by atoms with Crippen LogP contribution in [-0.4, -0.2) is 15.7 Å². The average molecular weight is 375 g/mol. The minimum Gasteiger partial charge on any atom is -0.321 e. The first-order chi connectivity index (χ1) is 13.0. The van der Waals surface area contributed by atoms with Gasteiger partial charge in [-0.3, -0.25) is 9.48 Å². The fraction of sp³-hybridized carbons (Fsp3) is 0.182. The van der Waals surface area contributed by atoms with Gasteiger partial charge in [0.1, 0.15) is 4.83 Å². The number of anilines is 1. The Labute approximate surface area is 162 Å². The Kier molecular flexibility index (Phi) is 4.54. The minimum absolute atomic E-state index is 0.0821. The number of nitrogens with zero attached hydrogens (tertiary/aromatic N) is 2. The van der Waals surface area contributed by atoms with E-state index in [2.05, 4.69) is 41.6 Å². The molecule has 1 amide bonds. The molecule has 136 valence electrons. The zero-order valence-corrected chi connectivity index (χ0v) is 16.4. The first-order valence-corrected chi connectivity index (χ1v) is 9.72. The van der Waals surface area contributed by atoms with Gasteiger partial charge in [0.2, 0.25) is 0 Å². The topological polar surface area (TPSA) is 46.9 Å². The van der Waals surface area contributed by atoms with Crippen molar-refractivity contribution in [2.45, 2.75) is 27.3 Å². The van der Waals surface area contributed by atoms with Crippen LogP contribution < -0.4 is 5.32 Å². The Morgan fingerprint density at radius 2 is 1.63 bits per heavy atom. The zero-order valence-electron chi connectivity index (χ0n) is 15.6. The molecule has 2 aromatic carbocycles. The molecule has 0 atom stereocenters. The van der Waals surface area contributed by atoms with Gasteiger partial charge < -0.3 is 5.32 Å². The van der Waals surface area contributed by atoms with E-state index in [4.69, 9.17) is 0 Å². The summed E-state index contributed by atoms with van der Waals surface area (Å²) in [5.41, 5.74) is 5.36. The van der Waals surface area contributed by atoms with E-state index in [-0.39, 0.29) is 5.91 Å². The maximum atomic E-state index is 12.7. The highest BCUT2D eigenvalue weighted by molar-refractivity contribution is 7.20. The molecule has 0 saturated carbocycles. The van der Waals surface area contributed by atoms with E-state index in [1.807, 2.05) is 48.9 Å². The van der Waals surface area contributed by atoms with Crippen LogP contribution in [0.4, 0.5) is 5.69 Å². The van der Waals surface area contributed by atoms with Gasteiger partial charge >= 0.3 is 0 Å². The molecule has 0 aliphatic rings. The van der Waals surface area contributed by atoms with Crippen LogP contribution in [0.5, 0.6) is 0 Å². The minimum atomic E-state index is -0.0821. The summed E-state index contributed by atoms with van der Waals surface area (Å²) in [5, 5.41) is 8.67. The van der Waals surface area contributed by atoms with Crippen molar-refractivity contribution < 1.29 is 4.79 Å². The molecule has 2 aromatic heterocycles. The van der Waals surface area contributed by atoms with Gasteiger partial charge in [-0.15, -0.1) is 11.3 Å². The molecule has 0 saturated heterocycles. The van der Waals surface area contributed by atoms with E-state index in [0.29, 0.717) is 11.4 Å². The highest BCUT2D eigenvalue weighted by Crippen LogP contribution is 2.29. The monoisotopic (exact) mass is 375 g/mol. The number of nitrogens with one attached hydrogen (secondary N) is 1. The van der Waals surface area contributed by atoms with E-state index >= 15 is 0 Å². The molecule has 0 aliphatic heterocycles. The fourth-order valence-corrected chi connectivity index (χ4v) is 4.08. The summed E-state index contributed by atoms with van der Waals surface area (Å²) in [6, 6.07) is 18.2. The van der Waals surface area contributed by atoms with Crippen LogP contribution in [0.3, 0.4) is 0 Å². The molecule has 0 radical (unpaired) electrons. The molecule has 0 unspecified atom stereocenters. The standard InChI is InChI=1S/C22H21N3OS/c1-14-4-8-17(9-5-14)13-25-22-19(16(3)24-25)12-20(27-22)21(26)23-18-10-6-15(2)7-11-18/h4-12H,13H2,1-3H3,(H,23,26). The van der Waals surface area contributed by atoms with Crippen molar-refractivity contribution in [2.24, 2.45) is 0 Å².